The zero-order valence-corrected chi connectivity index (χ0v) is 17.7. The number of esters is 1. The first kappa shape index (κ1) is 20.1. The Hall–Kier alpha value is -1.26. The normalized spacial score (nSPS) is 17.7. The van der Waals surface area contributed by atoms with Crippen molar-refractivity contribution in [1.82, 2.24) is 5.32 Å². The molecule has 0 saturated heterocycles. The van der Waals surface area contributed by atoms with Crippen molar-refractivity contribution in [3.05, 3.63) is 50.1 Å². The number of methoxy groups -OCH3 is 1. The van der Waals surface area contributed by atoms with Crippen LogP contribution in [-0.4, -0.2) is 39.2 Å². The Labute approximate surface area is 164 Å². The van der Waals surface area contributed by atoms with Gasteiger partial charge >= 0.3 is 165 Å². The summed E-state index contributed by atoms with van der Waals surface area (Å²) in [7, 11) is 1.40. The molecule has 7 heteroatoms. The summed E-state index contributed by atoms with van der Waals surface area (Å²) in [6.07, 6.45) is 2.10. The van der Waals surface area contributed by atoms with Gasteiger partial charge in [0.25, 0.3) is 0 Å². The predicted octanol–water partition coefficient (Wildman–Crippen LogP) is 4.32. The van der Waals surface area contributed by atoms with Crippen molar-refractivity contribution in [1.29, 1.82) is 0 Å². The number of rotatable bonds is 5. The zero-order chi connectivity index (χ0) is 18.6. The first-order valence-electron chi connectivity index (χ1n) is 7.88. The third-order valence-corrected chi connectivity index (χ3v) is 6.22. The maximum atomic E-state index is 12.3. The summed E-state index contributed by atoms with van der Waals surface area (Å²) in [5.74, 6) is -0.0206. The van der Waals surface area contributed by atoms with Crippen LogP contribution in [0.1, 0.15) is 20.8 Å². The molecule has 0 atom stereocenters. The van der Waals surface area contributed by atoms with E-state index in [1.54, 1.807) is 12.1 Å². The Balaban J connectivity index is 2.56. The molecule has 0 unspecified atom stereocenters. The van der Waals surface area contributed by atoms with E-state index in [4.69, 9.17) is 32.9 Å². The number of allylic oxidation sites excluding steroid dienone is 2. The molecule has 25 heavy (non-hydrogen) atoms. The Bertz CT molecular complexity index is 770. The topological polar surface area (TPSA) is 50.7 Å². The van der Waals surface area contributed by atoms with Crippen LogP contribution in [0.2, 0.25) is 10.0 Å². The van der Waals surface area contributed by atoms with Crippen LogP contribution in [0.15, 0.2) is 45.0 Å². The molecule has 0 bridgehead atoms. The maximum absolute atomic E-state index is 12.3. The number of hydrogen-bond acceptors (Lipinski definition) is 4. The molecule has 2 rings (SSSR count). The van der Waals surface area contributed by atoms with Crippen LogP contribution in [0.5, 0.6) is 0 Å². The van der Waals surface area contributed by atoms with Crippen molar-refractivity contribution in [2.45, 2.75) is 20.8 Å². The summed E-state index contributed by atoms with van der Waals surface area (Å²) >= 11 is 12.0. The van der Waals surface area contributed by atoms with Gasteiger partial charge in [0.1, 0.15) is 0 Å². The molecule has 0 aromatic heterocycles. The molecule has 4 nitrogen and oxygen atoms in total. The summed E-state index contributed by atoms with van der Waals surface area (Å²) < 4.78 is 6.83. The van der Waals surface area contributed by atoms with Gasteiger partial charge in [0.15, 0.2) is 0 Å². The molecule has 1 aromatic carbocycles. The summed E-state index contributed by atoms with van der Waals surface area (Å²) in [5.41, 5.74) is 2.03. The van der Waals surface area contributed by atoms with Crippen LogP contribution in [0, 0.1) is 5.92 Å². The summed E-state index contributed by atoms with van der Waals surface area (Å²) in [6, 6.07) is 5.25. The summed E-state index contributed by atoms with van der Waals surface area (Å²) in [5, 5.41) is 4.21. The molecule has 134 valence electrons. The molecule has 0 fully saturated rings. The van der Waals surface area contributed by atoms with Crippen LogP contribution in [0.3, 0.4) is 0 Å². The van der Waals surface area contributed by atoms with Crippen molar-refractivity contribution < 1.29 is 9.53 Å². The standard InChI is InChI=1S/C18H20Cl2N2O2Se/c1-5-21-16-15(18(23)24-4)14(8-10(2)3)25-17(16)22-11-6-7-12(19)13(20)9-11/h6-10,21H,5H2,1-4H3/b14-8-,22-17?. The number of carbonyl (C=O) groups is 1. The second-order valence-corrected chi connectivity index (χ2v) is 8.64. The molecule has 1 N–H and O–H groups in total. The summed E-state index contributed by atoms with van der Waals surface area (Å²) in [4.78, 5) is 17.1. The Morgan fingerprint density at radius 1 is 1.36 bits per heavy atom. The van der Waals surface area contributed by atoms with Gasteiger partial charge in [-0.15, -0.1) is 0 Å². The van der Waals surface area contributed by atoms with Crippen LogP contribution >= 0.6 is 23.2 Å². The number of ether oxygens (including phenoxy) is 1. The average molecular weight is 446 g/mol. The molecule has 0 aliphatic carbocycles. The first-order valence-corrected chi connectivity index (χ1v) is 10.3. The third kappa shape index (κ3) is 4.89. The number of hydrogen-bond donors (Lipinski definition) is 1. The number of carbonyl (C=O) groups excluding carboxylic acids is 1. The molecule has 1 aliphatic rings. The SMILES string of the molecule is CCNC1=C(C(=O)OC)/C(=C/C(C)C)[Se]C1=Nc1ccc(Cl)c(Cl)c1. The van der Waals surface area contributed by atoms with Gasteiger partial charge in [-0.25, -0.2) is 0 Å². The van der Waals surface area contributed by atoms with E-state index in [-0.39, 0.29) is 20.9 Å². The number of benzene rings is 1. The molecule has 0 saturated carbocycles. The average Bonchev–Trinajstić information content (AvgIpc) is 2.87. The van der Waals surface area contributed by atoms with E-state index < -0.39 is 0 Å². The Kier molecular flexibility index (Phi) is 7.14. The molecule has 0 amide bonds. The fraction of sp³-hybridized carbons (Fsp3) is 0.333. The van der Waals surface area contributed by atoms with Crippen LogP contribution < -0.4 is 5.32 Å². The molecular weight excluding hydrogens is 426 g/mol. The van der Waals surface area contributed by atoms with Crippen molar-refractivity contribution in [3.63, 3.8) is 0 Å². The van der Waals surface area contributed by atoms with E-state index >= 15 is 0 Å². The first-order chi connectivity index (χ1) is 11.9. The predicted molar refractivity (Wildman–Crippen MR) is 105 cm³/mol. The van der Waals surface area contributed by atoms with E-state index in [9.17, 15) is 4.79 Å². The van der Waals surface area contributed by atoms with Gasteiger partial charge in [-0.05, 0) is 0 Å². The van der Waals surface area contributed by atoms with Gasteiger partial charge in [0.05, 0.1) is 0 Å². The van der Waals surface area contributed by atoms with E-state index in [0.29, 0.717) is 33.8 Å². The second-order valence-electron chi connectivity index (χ2n) is 5.66. The van der Waals surface area contributed by atoms with Gasteiger partial charge in [0.2, 0.25) is 0 Å². The molecule has 0 spiro atoms. The number of aliphatic imine (C=N–C) groups is 1. The minimum absolute atomic E-state index is 0.0998. The third-order valence-electron chi connectivity index (χ3n) is 3.28. The van der Waals surface area contributed by atoms with Crippen molar-refractivity contribution in [3.8, 4) is 0 Å². The van der Waals surface area contributed by atoms with Gasteiger partial charge < -0.3 is 0 Å². The fourth-order valence-electron chi connectivity index (χ4n) is 2.25. The number of nitrogens with zero attached hydrogens (tertiary/aromatic N) is 1. The molecule has 1 heterocycles. The van der Waals surface area contributed by atoms with Crippen molar-refractivity contribution in [2.75, 3.05) is 13.7 Å². The van der Waals surface area contributed by atoms with Gasteiger partial charge in [0, 0.05) is 0 Å². The van der Waals surface area contributed by atoms with Crippen LogP contribution in [0.4, 0.5) is 5.69 Å². The van der Waals surface area contributed by atoms with Crippen molar-refractivity contribution in [2.24, 2.45) is 10.9 Å². The molecular formula is C18H20Cl2N2O2Se. The van der Waals surface area contributed by atoms with Gasteiger partial charge in [-0.1, -0.05) is 0 Å². The molecule has 1 aromatic rings. The number of nitrogens with one attached hydrogen (secondary N) is 1. The van der Waals surface area contributed by atoms with E-state index in [1.807, 2.05) is 13.0 Å². The van der Waals surface area contributed by atoms with E-state index in [2.05, 4.69) is 25.2 Å². The van der Waals surface area contributed by atoms with E-state index in [0.717, 1.165) is 14.8 Å². The van der Waals surface area contributed by atoms with Gasteiger partial charge in [-0.2, -0.15) is 0 Å². The minimum atomic E-state index is -0.343. The monoisotopic (exact) mass is 446 g/mol. The van der Waals surface area contributed by atoms with E-state index in [1.165, 1.54) is 7.11 Å². The quantitative estimate of drug-likeness (QED) is 0.542. The Morgan fingerprint density at radius 2 is 2.08 bits per heavy atom. The fourth-order valence-corrected chi connectivity index (χ4v) is 5.20. The summed E-state index contributed by atoms with van der Waals surface area (Å²) in [6.45, 7) is 6.83. The number of halogens is 2. The van der Waals surface area contributed by atoms with Gasteiger partial charge in [-0.3, -0.25) is 0 Å². The van der Waals surface area contributed by atoms with Crippen molar-refractivity contribution >= 4 is 54.4 Å². The Morgan fingerprint density at radius 3 is 2.64 bits per heavy atom. The molecule has 0 radical (unpaired) electrons. The van der Waals surface area contributed by atoms with Crippen LogP contribution in [0.25, 0.3) is 0 Å². The van der Waals surface area contributed by atoms with Crippen LogP contribution in [-0.2, 0) is 9.53 Å². The second kappa shape index (κ2) is 8.90. The molecule has 1 aliphatic heterocycles. The zero-order valence-electron chi connectivity index (χ0n) is 14.5.